The second-order valence-electron chi connectivity index (χ2n) is 7.11. The number of nitrogens with zero attached hydrogens (tertiary/aromatic N) is 1. The lowest BCUT2D eigenvalue weighted by Gasteiger charge is -2.41. The normalized spacial score (nSPS) is 27.2. The number of likely N-dealkylation sites (N-methyl/N-ethyl adjacent to an activating group) is 1. The van der Waals surface area contributed by atoms with E-state index in [4.69, 9.17) is 5.73 Å². The summed E-state index contributed by atoms with van der Waals surface area (Å²) in [5.74, 6) is 1.71. The summed E-state index contributed by atoms with van der Waals surface area (Å²) in [6.07, 6.45) is 7.77. The molecule has 0 saturated heterocycles. The van der Waals surface area contributed by atoms with Crippen LogP contribution in [0.15, 0.2) is 17.5 Å². The lowest BCUT2D eigenvalue weighted by Crippen LogP contribution is -2.52. The highest BCUT2D eigenvalue weighted by Crippen LogP contribution is 2.36. The Morgan fingerprint density at radius 1 is 1.38 bits per heavy atom. The van der Waals surface area contributed by atoms with Crippen LogP contribution in [0.3, 0.4) is 0 Å². The lowest BCUT2D eigenvalue weighted by atomic mass is 9.85. The molecule has 0 bridgehead atoms. The molecule has 2 nitrogen and oxygen atoms in total. The minimum atomic E-state index is 0.237. The van der Waals surface area contributed by atoms with Crippen molar-refractivity contribution in [1.82, 2.24) is 4.90 Å². The van der Waals surface area contributed by atoms with Gasteiger partial charge in [0.2, 0.25) is 0 Å². The summed E-state index contributed by atoms with van der Waals surface area (Å²) in [6, 6.07) is 4.40. The first-order chi connectivity index (χ1) is 10.1. The molecule has 1 aliphatic carbocycles. The third-order valence-electron chi connectivity index (χ3n) is 5.60. The van der Waals surface area contributed by atoms with Gasteiger partial charge in [-0.25, -0.2) is 0 Å². The van der Waals surface area contributed by atoms with Gasteiger partial charge in [0.25, 0.3) is 0 Å². The minimum absolute atomic E-state index is 0.237. The maximum absolute atomic E-state index is 6.24. The minimum Gasteiger partial charge on any atom is -0.329 e. The van der Waals surface area contributed by atoms with E-state index >= 15 is 0 Å². The molecular formula is C18H32N2S. The summed E-state index contributed by atoms with van der Waals surface area (Å²) >= 11 is 1.87. The van der Waals surface area contributed by atoms with Crippen LogP contribution < -0.4 is 5.73 Å². The van der Waals surface area contributed by atoms with E-state index in [1.54, 1.807) is 0 Å². The number of rotatable bonds is 6. The van der Waals surface area contributed by atoms with Gasteiger partial charge in [0.15, 0.2) is 0 Å². The van der Waals surface area contributed by atoms with Gasteiger partial charge in [-0.2, -0.15) is 0 Å². The standard InChI is InChI=1S/C18H32N2S/c1-15(2)16-6-4-10-18(14-19,11-8-16)20(3)12-9-17-7-5-13-21-17/h5,7,13,15-16H,4,6,8-12,14,19H2,1-3H3. The molecule has 120 valence electrons. The summed E-state index contributed by atoms with van der Waals surface area (Å²) < 4.78 is 0. The molecule has 2 unspecified atom stereocenters. The zero-order valence-electron chi connectivity index (χ0n) is 14.0. The van der Waals surface area contributed by atoms with E-state index in [2.05, 4.69) is 43.3 Å². The Balaban J connectivity index is 1.95. The Bertz CT molecular complexity index is 401. The predicted molar refractivity (Wildman–Crippen MR) is 93.9 cm³/mol. The van der Waals surface area contributed by atoms with Crippen molar-refractivity contribution in [3.63, 3.8) is 0 Å². The molecule has 0 radical (unpaired) electrons. The van der Waals surface area contributed by atoms with Gasteiger partial charge >= 0.3 is 0 Å². The number of nitrogens with two attached hydrogens (primary N) is 1. The summed E-state index contributed by atoms with van der Waals surface area (Å²) in [4.78, 5) is 4.05. The molecular weight excluding hydrogens is 276 g/mol. The summed E-state index contributed by atoms with van der Waals surface area (Å²) in [6.45, 7) is 6.68. The molecule has 0 aromatic carbocycles. The number of hydrogen-bond acceptors (Lipinski definition) is 3. The maximum Gasteiger partial charge on any atom is 0.0328 e. The molecule has 21 heavy (non-hydrogen) atoms. The van der Waals surface area contributed by atoms with Gasteiger partial charge in [-0.1, -0.05) is 32.8 Å². The van der Waals surface area contributed by atoms with Crippen LogP contribution in [0.25, 0.3) is 0 Å². The Hall–Kier alpha value is -0.380. The van der Waals surface area contributed by atoms with Crippen molar-refractivity contribution >= 4 is 11.3 Å². The predicted octanol–water partition coefficient (Wildman–Crippen LogP) is 4.16. The van der Waals surface area contributed by atoms with Gasteiger partial charge in [0, 0.05) is 23.5 Å². The smallest absolute Gasteiger partial charge is 0.0328 e. The van der Waals surface area contributed by atoms with Crippen molar-refractivity contribution in [2.24, 2.45) is 17.6 Å². The van der Waals surface area contributed by atoms with E-state index in [0.717, 1.165) is 31.3 Å². The number of thiophene rings is 1. The average Bonchev–Trinajstić information content (AvgIpc) is 2.89. The van der Waals surface area contributed by atoms with E-state index in [-0.39, 0.29) is 5.54 Å². The molecule has 2 N–H and O–H groups in total. The molecule has 0 amide bonds. The van der Waals surface area contributed by atoms with E-state index in [0.29, 0.717) is 0 Å². The summed E-state index contributed by atoms with van der Waals surface area (Å²) in [5.41, 5.74) is 6.48. The van der Waals surface area contributed by atoms with Crippen molar-refractivity contribution in [2.45, 2.75) is 57.9 Å². The molecule has 1 fully saturated rings. The Morgan fingerprint density at radius 2 is 2.19 bits per heavy atom. The highest BCUT2D eigenvalue weighted by molar-refractivity contribution is 7.09. The average molecular weight is 309 g/mol. The molecule has 0 aliphatic heterocycles. The fraction of sp³-hybridized carbons (Fsp3) is 0.778. The van der Waals surface area contributed by atoms with Gasteiger partial charge in [0.1, 0.15) is 0 Å². The van der Waals surface area contributed by atoms with Gasteiger partial charge < -0.3 is 5.73 Å². The molecule has 0 spiro atoms. The first-order valence-electron chi connectivity index (χ1n) is 8.51. The van der Waals surface area contributed by atoms with Crippen molar-refractivity contribution in [2.75, 3.05) is 20.1 Å². The van der Waals surface area contributed by atoms with Crippen LogP contribution in [-0.4, -0.2) is 30.6 Å². The van der Waals surface area contributed by atoms with Crippen LogP contribution >= 0.6 is 11.3 Å². The largest absolute Gasteiger partial charge is 0.329 e. The second-order valence-corrected chi connectivity index (χ2v) is 8.15. The van der Waals surface area contributed by atoms with Gasteiger partial charge in [-0.05, 0) is 56.0 Å². The fourth-order valence-electron chi connectivity index (χ4n) is 3.79. The highest BCUT2D eigenvalue weighted by Gasteiger charge is 2.35. The van der Waals surface area contributed by atoms with E-state index in [1.165, 1.54) is 37.0 Å². The molecule has 1 aromatic rings. The monoisotopic (exact) mass is 308 g/mol. The Morgan fingerprint density at radius 3 is 2.81 bits per heavy atom. The quantitative estimate of drug-likeness (QED) is 0.800. The van der Waals surface area contributed by atoms with E-state index < -0.39 is 0 Å². The van der Waals surface area contributed by atoms with Gasteiger partial charge in [-0.15, -0.1) is 11.3 Å². The Kier molecular flexibility index (Phi) is 6.27. The first kappa shape index (κ1) is 17.0. The topological polar surface area (TPSA) is 29.3 Å². The summed E-state index contributed by atoms with van der Waals surface area (Å²) in [7, 11) is 2.29. The van der Waals surface area contributed by atoms with Crippen molar-refractivity contribution in [1.29, 1.82) is 0 Å². The molecule has 2 atom stereocenters. The third kappa shape index (κ3) is 4.30. The van der Waals surface area contributed by atoms with Gasteiger partial charge in [0.05, 0.1) is 0 Å². The van der Waals surface area contributed by atoms with Crippen LogP contribution in [0.2, 0.25) is 0 Å². The molecule has 1 aliphatic rings. The molecule has 1 saturated carbocycles. The van der Waals surface area contributed by atoms with E-state index in [9.17, 15) is 0 Å². The van der Waals surface area contributed by atoms with Crippen LogP contribution in [-0.2, 0) is 6.42 Å². The lowest BCUT2D eigenvalue weighted by molar-refractivity contribution is 0.106. The van der Waals surface area contributed by atoms with Crippen LogP contribution in [0.5, 0.6) is 0 Å². The van der Waals surface area contributed by atoms with E-state index in [1.807, 2.05) is 11.3 Å². The number of hydrogen-bond donors (Lipinski definition) is 1. The molecule has 2 rings (SSSR count). The van der Waals surface area contributed by atoms with Gasteiger partial charge in [-0.3, -0.25) is 4.90 Å². The SMILES string of the molecule is CC(C)C1CCCC(CN)(N(C)CCc2cccs2)CC1. The molecule has 1 heterocycles. The second kappa shape index (κ2) is 7.75. The third-order valence-corrected chi connectivity index (χ3v) is 6.54. The van der Waals surface area contributed by atoms with Crippen LogP contribution in [0.1, 0.15) is 50.8 Å². The fourth-order valence-corrected chi connectivity index (χ4v) is 4.49. The van der Waals surface area contributed by atoms with Crippen molar-refractivity contribution in [3.8, 4) is 0 Å². The van der Waals surface area contributed by atoms with Crippen LogP contribution in [0.4, 0.5) is 0 Å². The van der Waals surface area contributed by atoms with Crippen LogP contribution in [0, 0.1) is 11.8 Å². The summed E-state index contributed by atoms with van der Waals surface area (Å²) in [5, 5.41) is 2.17. The first-order valence-corrected chi connectivity index (χ1v) is 9.39. The maximum atomic E-state index is 6.24. The molecule has 1 aromatic heterocycles. The zero-order chi connectivity index (χ0) is 15.3. The highest BCUT2D eigenvalue weighted by atomic mass is 32.1. The Labute approximate surface area is 134 Å². The molecule has 3 heteroatoms. The van der Waals surface area contributed by atoms with Crippen molar-refractivity contribution in [3.05, 3.63) is 22.4 Å². The zero-order valence-corrected chi connectivity index (χ0v) is 14.8. The van der Waals surface area contributed by atoms with Crippen molar-refractivity contribution < 1.29 is 0 Å².